The fraction of sp³-hybridized carbons (Fsp3) is 0.240. The van der Waals surface area contributed by atoms with Gasteiger partial charge in [0.1, 0.15) is 11.5 Å². The Morgan fingerprint density at radius 2 is 1.94 bits per heavy atom. The van der Waals surface area contributed by atoms with E-state index in [1.165, 1.54) is 22.3 Å². The van der Waals surface area contributed by atoms with Gasteiger partial charge in [0.15, 0.2) is 0 Å². The van der Waals surface area contributed by atoms with Gasteiger partial charge in [-0.15, -0.1) is 0 Å². The van der Waals surface area contributed by atoms with E-state index in [0.29, 0.717) is 16.9 Å². The van der Waals surface area contributed by atoms with Gasteiger partial charge < -0.3 is 14.4 Å². The molecule has 1 atom stereocenters. The van der Waals surface area contributed by atoms with Crippen molar-refractivity contribution in [1.82, 2.24) is 9.88 Å². The van der Waals surface area contributed by atoms with Crippen molar-refractivity contribution in [3.8, 4) is 0 Å². The highest BCUT2D eigenvalue weighted by Crippen LogP contribution is 2.40. The molecule has 0 spiro atoms. The largest absolute Gasteiger partial charge is 0.507 e. The third-order valence-electron chi connectivity index (χ3n) is 6.07. The summed E-state index contributed by atoms with van der Waals surface area (Å²) in [6, 6.07) is 12.1. The summed E-state index contributed by atoms with van der Waals surface area (Å²) >= 11 is 0. The normalized spacial score (nSPS) is 20.1. The van der Waals surface area contributed by atoms with Crippen LogP contribution in [0.25, 0.3) is 5.76 Å². The first-order chi connectivity index (χ1) is 15.1. The van der Waals surface area contributed by atoms with Crippen LogP contribution in [-0.2, 0) is 29.0 Å². The van der Waals surface area contributed by atoms with Crippen molar-refractivity contribution in [3.63, 3.8) is 0 Å². The second kappa shape index (κ2) is 7.87. The van der Waals surface area contributed by atoms with E-state index in [0.717, 1.165) is 25.7 Å². The molecule has 31 heavy (non-hydrogen) atoms. The van der Waals surface area contributed by atoms with Crippen molar-refractivity contribution in [2.24, 2.45) is 0 Å². The lowest BCUT2D eigenvalue weighted by Gasteiger charge is -2.24. The van der Waals surface area contributed by atoms with Gasteiger partial charge in [-0.1, -0.05) is 18.2 Å². The van der Waals surface area contributed by atoms with Crippen molar-refractivity contribution in [1.29, 1.82) is 0 Å². The van der Waals surface area contributed by atoms with Crippen molar-refractivity contribution in [3.05, 3.63) is 94.7 Å². The molecule has 0 bridgehead atoms. The first-order valence-corrected chi connectivity index (χ1v) is 10.5. The van der Waals surface area contributed by atoms with Crippen LogP contribution in [0, 0.1) is 0 Å². The number of aromatic nitrogens is 1. The highest BCUT2D eigenvalue weighted by Gasteiger charge is 2.46. The zero-order chi connectivity index (χ0) is 21.4. The number of carbonyl (C=O) groups excluding carboxylic acids is 2. The average Bonchev–Trinajstić information content (AvgIpc) is 3.41. The van der Waals surface area contributed by atoms with E-state index in [1.54, 1.807) is 36.7 Å². The molecular weight excluding hydrogens is 392 g/mol. The molecule has 156 valence electrons. The number of amides is 1. The van der Waals surface area contributed by atoms with Crippen LogP contribution >= 0.6 is 0 Å². The molecule has 6 heteroatoms. The van der Waals surface area contributed by atoms with Crippen LogP contribution in [0.4, 0.5) is 0 Å². The lowest BCUT2D eigenvalue weighted by atomic mass is 9.89. The Balaban J connectivity index is 1.63. The van der Waals surface area contributed by atoms with Gasteiger partial charge in [0.05, 0.1) is 24.4 Å². The number of aryl methyl sites for hydroxylation is 2. The van der Waals surface area contributed by atoms with Crippen LogP contribution < -0.4 is 0 Å². The fourth-order valence-electron chi connectivity index (χ4n) is 4.53. The van der Waals surface area contributed by atoms with Crippen LogP contribution in [0.1, 0.15) is 46.9 Å². The summed E-state index contributed by atoms with van der Waals surface area (Å²) in [5.41, 5.74) is 3.78. The number of rotatable bonds is 4. The van der Waals surface area contributed by atoms with Crippen LogP contribution in [0.2, 0.25) is 0 Å². The summed E-state index contributed by atoms with van der Waals surface area (Å²) in [4.78, 5) is 31.6. The minimum absolute atomic E-state index is 0.0836. The molecule has 1 aliphatic carbocycles. The number of furan rings is 1. The summed E-state index contributed by atoms with van der Waals surface area (Å²) in [7, 11) is 0. The van der Waals surface area contributed by atoms with E-state index < -0.39 is 17.7 Å². The Bertz CT molecular complexity index is 1170. The number of pyridine rings is 1. The van der Waals surface area contributed by atoms with Gasteiger partial charge in [0.2, 0.25) is 0 Å². The van der Waals surface area contributed by atoms with E-state index in [-0.39, 0.29) is 17.9 Å². The number of fused-ring (bicyclic) bond motifs is 1. The zero-order valence-corrected chi connectivity index (χ0v) is 17.0. The maximum absolute atomic E-state index is 13.1. The van der Waals surface area contributed by atoms with Gasteiger partial charge in [-0.25, -0.2) is 0 Å². The summed E-state index contributed by atoms with van der Waals surface area (Å²) in [5, 5.41) is 11.2. The highest BCUT2D eigenvalue weighted by molar-refractivity contribution is 6.46. The molecule has 3 aromatic rings. The van der Waals surface area contributed by atoms with Gasteiger partial charge in [0.25, 0.3) is 11.7 Å². The number of likely N-dealkylation sites (tertiary alicyclic amines) is 1. The number of benzene rings is 1. The molecule has 1 aliphatic heterocycles. The molecule has 1 aromatic carbocycles. The van der Waals surface area contributed by atoms with Gasteiger partial charge >= 0.3 is 0 Å². The number of hydrogen-bond donors (Lipinski definition) is 1. The topological polar surface area (TPSA) is 83.6 Å². The molecule has 6 nitrogen and oxygen atoms in total. The number of Topliss-reactive ketones (excluding diaryl/α,β-unsaturated/α-hetero) is 1. The predicted octanol–water partition coefficient (Wildman–Crippen LogP) is 4.18. The minimum atomic E-state index is -0.741. The van der Waals surface area contributed by atoms with Gasteiger partial charge in [-0.2, -0.15) is 0 Å². The van der Waals surface area contributed by atoms with E-state index in [2.05, 4.69) is 4.98 Å². The molecule has 3 heterocycles. The first kappa shape index (κ1) is 19.3. The molecular formula is C25H22N2O4. The van der Waals surface area contributed by atoms with Crippen LogP contribution in [-0.4, -0.2) is 26.7 Å². The number of hydrogen-bond acceptors (Lipinski definition) is 5. The minimum Gasteiger partial charge on any atom is -0.507 e. The highest BCUT2D eigenvalue weighted by atomic mass is 16.3. The molecule has 2 aliphatic rings. The van der Waals surface area contributed by atoms with Gasteiger partial charge in [0, 0.05) is 18.0 Å². The standard InChI is InChI=1S/C25H22N2O4/c28-23(18-10-9-16-5-1-2-6-17(16)13-18)21-22(19-7-3-11-26-14-19)27(25(30)24(21)29)15-20-8-4-12-31-20/h3-4,7-14,22,28H,1-2,5-6,15H2/b23-21-. The van der Waals surface area contributed by atoms with E-state index in [4.69, 9.17) is 4.42 Å². The molecule has 1 saturated heterocycles. The van der Waals surface area contributed by atoms with Crippen LogP contribution in [0.5, 0.6) is 0 Å². The summed E-state index contributed by atoms with van der Waals surface area (Å²) in [5.74, 6) is -0.951. The number of ketones is 1. The lowest BCUT2D eigenvalue weighted by molar-refractivity contribution is -0.140. The van der Waals surface area contributed by atoms with Crippen LogP contribution in [0.3, 0.4) is 0 Å². The zero-order valence-electron chi connectivity index (χ0n) is 17.0. The molecule has 0 saturated carbocycles. The Morgan fingerprint density at radius 1 is 1.10 bits per heavy atom. The van der Waals surface area contributed by atoms with Crippen molar-refractivity contribution < 1.29 is 19.1 Å². The van der Waals surface area contributed by atoms with Crippen molar-refractivity contribution in [2.75, 3.05) is 0 Å². The van der Waals surface area contributed by atoms with Crippen molar-refractivity contribution in [2.45, 2.75) is 38.3 Å². The second-order valence-corrected chi connectivity index (χ2v) is 7.98. The Hall–Kier alpha value is -3.67. The number of carbonyl (C=O) groups is 2. The number of nitrogens with zero attached hydrogens (tertiary/aromatic N) is 2. The number of aliphatic hydroxyl groups is 1. The van der Waals surface area contributed by atoms with E-state index in [9.17, 15) is 14.7 Å². The van der Waals surface area contributed by atoms with E-state index >= 15 is 0 Å². The third kappa shape index (κ3) is 3.44. The maximum Gasteiger partial charge on any atom is 0.296 e. The monoisotopic (exact) mass is 414 g/mol. The molecule has 5 rings (SSSR count). The molecule has 1 amide bonds. The molecule has 0 radical (unpaired) electrons. The van der Waals surface area contributed by atoms with Crippen molar-refractivity contribution >= 4 is 17.4 Å². The van der Waals surface area contributed by atoms with Crippen LogP contribution in [0.15, 0.2) is 71.1 Å². The Labute approximate surface area is 179 Å². The fourth-order valence-corrected chi connectivity index (χ4v) is 4.53. The summed E-state index contributed by atoms with van der Waals surface area (Å²) in [6.45, 7) is 0.123. The number of aliphatic hydroxyl groups excluding tert-OH is 1. The van der Waals surface area contributed by atoms with Gasteiger partial charge in [-0.05, 0) is 66.6 Å². The smallest absolute Gasteiger partial charge is 0.296 e. The molecule has 2 aromatic heterocycles. The third-order valence-corrected chi connectivity index (χ3v) is 6.07. The SMILES string of the molecule is O=C1C(=O)N(Cc2ccco2)C(c2cccnc2)/C1=C(/O)c1ccc2c(c1)CCCC2. The summed E-state index contributed by atoms with van der Waals surface area (Å²) < 4.78 is 5.41. The van der Waals surface area contributed by atoms with E-state index in [1.807, 2.05) is 18.2 Å². The second-order valence-electron chi connectivity index (χ2n) is 7.98. The lowest BCUT2D eigenvalue weighted by Crippen LogP contribution is -2.29. The maximum atomic E-state index is 13.1. The Morgan fingerprint density at radius 3 is 2.68 bits per heavy atom. The Kier molecular flexibility index (Phi) is 4.90. The molecule has 1 N–H and O–H groups in total. The average molecular weight is 414 g/mol. The summed E-state index contributed by atoms with van der Waals surface area (Å²) in [6.07, 6.45) is 9.03. The van der Waals surface area contributed by atoms with Gasteiger partial charge in [-0.3, -0.25) is 14.6 Å². The quantitative estimate of drug-likeness (QED) is 0.393. The molecule has 1 fully saturated rings. The molecule has 1 unspecified atom stereocenters. The predicted molar refractivity (Wildman–Crippen MR) is 114 cm³/mol. The first-order valence-electron chi connectivity index (χ1n) is 10.5.